The molecule has 0 unspecified atom stereocenters. The summed E-state index contributed by atoms with van der Waals surface area (Å²) in [6.45, 7) is 2.96. The van der Waals surface area contributed by atoms with E-state index in [0.29, 0.717) is 13.2 Å². The molecule has 22 heavy (non-hydrogen) atoms. The Labute approximate surface area is 131 Å². The van der Waals surface area contributed by atoms with Gasteiger partial charge < -0.3 is 18.9 Å². The van der Waals surface area contributed by atoms with Crippen LogP contribution in [0.2, 0.25) is 0 Å². The average molecular weight is 302 g/mol. The summed E-state index contributed by atoms with van der Waals surface area (Å²) >= 11 is 0. The molecule has 4 nitrogen and oxygen atoms in total. The lowest BCUT2D eigenvalue weighted by Crippen LogP contribution is -2.34. The summed E-state index contributed by atoms with van der Waals surface area (Å²) in [6, 6.07) is 17.4. The number of benzene rings is 2. The molecule has 0 fully saturated rings. The molecule has 4 heteroatoms. The zero-order valence-corrected chi connectivity index (χ0v) is 13.2. The van der Waals surface area contributed by atoms with Gasteiger partial charge in [-0.2, -0.15) is 0 Å². The minimum absolute atomic E-state index is 0.385. The third kappa shape index (κ3) is 3.85. The fourth-order valence-corrected chi connectivity index (χ4v) is 2.19. The van der Waals surface area contributed by atoms with Gasteiger partial charge in [-0.25, -0.2) is 0 Å². The van der Waals surface area contributed by atoms with Crippen molar-refractivity contribution >= 4 is 0 Å². The van der Waals surface area contributed by atoms with Gasteiger partial charge in [0.15, 0.2) is 0 Å². The van der Waals surface area contributed by atoms with E-state index in [-0.39, 0.29) is 0 Å². The van der Waals surface area contributed by atoms with Crippen molar-refractivity contribution in [3.05, 3.63) is 65.7 Å². The Morgan fingerprint density at radius 2 is 1.50 bits per heavy atom. The Kier molecular flexibility index (Phi) is 5.95. The molecule has 0 spiro atoms. The van der Waals surface area contributed by atoms with Crippen LogP contribution in [0.4, 0.5) is 0 Å². The van der Waals surface area contributed by atoms with Crippen molar-refractivity contribution in [3.63, 3.8) is 0 Å². The van der Waals surface area contributed by atoms with Crippen molar-refractivity contribution in [1.82, 2.24) is 0 Å². The normalized spacial score (nSPS) is 11.4. The summed E-state index contributed by atoms with van der Waals surface area (Å²) in [4.78, 5) is 0. The molecule has 0 aliphatic rings. The van der Waals surface area contributed by atoms with Crippen LogP contribution in [0.1, 0.15) is 18.1 Å². The lowest BCUT2D eigenvalue weighted by Gasteiger charge is -2.30. The number of hydrogen-bond acceptors (Lipinski definition) is 4. The molecule has 2 aromatic rings. The van der Waals surface area contributed by atoms with E-state index in [1.54, 1.807) is 14.2 Å². The van der Waals surface area contributed by atoms with Gasteiger partial charge in [0.2, 0.25) is 0 Å². The van der Waals surface area contributed by atoms with Gasteiger partial charge in [-0.1, -0.05) is 30.3 Å². The van der Waals surface area contributed by atoms with Crippen LogP contribution in [-0.2, 0) is 26.8 Å². The monoisotopic (exact) mass is 302 g/mol. The summed E-state index contributed by atoms with van der Waals surface area (Å²) in [7, 11) is 3.12. The highest BCUT2D eigenvalue weighted by Gasteiger charge is 2.33. The second-order valence-electron chi connectivity index (χ2n) is 4.70. The highest BCUT2D eigenvalue weighted by molar-refractivity contribution is 5.29. The molecule has 0 aliphatic heterocycles. The second-order valence-corrected chi connectivity index (χ2v) is 4.70. The van der Waals surface area contributed by atoms with Crippen molar-refractivity contribution in [2.45, 2.75) is 19.5 Å². The van der Waals surface area contributed by atoms with Crippen LogP contribution in [0.5, 0.6) is 5.75 Å². The molecule has 118 valence electrons. The van der Waals surface area contributed by atoms with Gasteiger partial charge in [0.1, 0.15) is 5.75 Å². The molecule has 0 atom stereocenters. The molecule has 0 bridgehead atoms. The molecule has 0 amide bonds. The standard InChI is InChI=1S/C18H22O4/c1-4-21-17-12-10-16(11-13-17)18(19-2,20-3)22-14-15-8-6-5-7-9-15/h5-13H,4,14H2,1-3H3. The highest BCUT2D eigenvalue weighted by Crippen LogP contribution is 2.30. The van der Waals surface area contributed by atoms with Crippen LogP contribution >= 0.6 is 0 Å². The van der Waals surface area contributed by atoms with Crippen LogP contribution in [0.15, 0.2) is 54.6 Å². The molecule has 0 heterocycles. The Bertz CT molecular complexity index is 547. The van der Waals surface area contributed by atoms with Gasteiger partial charge >= 0.3 is 5.97 Å². The molecule has 0 radical (unpaired) electrons. The first-order valence-electron chi connectivity index (χ1n) is 7.25. The van der Waals surface area contributed by atoms with Gasteiger partial charge in [-0.3, -0.25) is 0 Å². The Hall–Kier alpha value is -1.88. The van der Waals surface area contributed by atoms with E-state index < -0.39 is 5.97 Å². The Balaban J connectivity index is 2.16. The molecule has 0 aromatic heterocycles. The van der Waals surface area contributed by atoms with Gasteiger partial charge in [-0.05, 0) is 36.8 Å². The smallest absolute Gasteiger partial charge is 0.311 e. The van der Waals surface area contributed by atoms with Gasteiger partial charge in [0.05, 0.1) is 13.2 Å². The van der Waals surface area contributed by atoms with Crippen molar-refractivity contribution < 1.29 is 18.9 Å². The van der Waals surface area contributed by atoms with Crippen molar-refractivity contribution in [3.8, 4) is 5.75 Å². The first kappa shape index (κ1) is 16.5. The fraction of sp³-hybridized carbons (Fsp3) is 0.333. The van der Waals surface area contributed by atoms with E-state index in [1.165, 1.54) is 0 Å². The van der Waals surface area contributed by atoms with E-state index in [9.17, 15) is 0 Å². The third-order valence-electron chi connectivity index (χ3n) is 3.33. The molecule has 2 aromatic carbocycles. The van der Waals surface area contributed by atoms with E-state index >= 15 is 0 Å². The molecule has 2 rings (SSSR count). The maximum absolute atomic E-state index is 5.91. The summed E-state index contributed by atoms with van der Waals surface area (Å²) in [5.74, 6) is -0.434. The minimum Gasteiger partial charge on any atom is -0.494 e. The summed E-state index contributed by atoms with van der Waals surface area (Å²) in [5, 5.41) is 0. The third-order valence-corrected chi connectivity index (χ3v) is 3.33. The number of ether oxygens (including phenoxy) is 4. The lowest BCUT2D eigenvalue weighted by atomic mass is 10.1. The SMILES string of the molecule is CCOc1ccc(C(OC)(OC)OCc2ccccc2)cc1. The number of hydrogen-bond donors (Lipinski definition) is 0. The van der Waals surface area contributed by atoms with E-state index in [1.807, 2.05) is 61.5 Å². The summed E-state index contributed by atoms with van der Waals surface area (Å²) in [5.41, 5.74) is 1.82. The van der Waals surface area contributed by atoms with E-state index in [4.69, 9.17) is 18.9 Å². The van der Waals surface area contributed by atoms with Crippen LogP contribution < -0.4 is 4.74 Å². The second kappa shape index (κ2) is 7.94. The van der Waals surface area contributed by atoms with Gasteiger partial charge in [-0.15, -0.1) is 0 Å². The van der Waals surface area contributed by atoms with E-state index in [2.05, 4.69) is 0 Å². The Morgan fingerprint density at radius 3 is 2.05 bits per heavy atom. The predicted molar refractivity (Wildman–Crippen MR) is 84.5 cm³/mol. The highest BCUT2D eigenvalue weighted by atomic mass is 16.9. The predicted octanol–water partition coefficient (Wildman–Crippen LogP) is 3.71. The first-order valence-corrected chi connectivity index (χ1v) is 7.25. The molecule has 0 N–H and O–H groups in total. The topological polar surface area (TPSA) is 36.9 Å². The van der Waals surface area contributed by atoms with Crippen molar-refractivity contribution in [2.24, 2.45) is 0 Å². The zero-order chi connectivity index (χ0) is 15.8. The van der Waals surface area contributed by atoms with Crippen molar-refractivity contribution in [1.29, 1.82) is 0 Å². The van der Waals surface area contributed by atoms with Gasteiger partial charge in [0, 0.05) is 19.8 Å². The maximum atomic E-state index is 5.91. The maximum Gasteiger partial charge on any atom is 0.311 e. The molecular formula is C18H22O4. The van der Waals surface area contributed by atoms with E-state index in [0.717, 1.165) is 16.9 Å². The molecule has 0 saturated carbocycles. The zero-order valence-electron chi connectivity index (χ0n) is 13.2. The van der Waals surface area contributed by atoms with Crippen molar-refractivity contribution in [2.75, 3.05) is 20.8 Å². The van der Waals surface area contributed by atoms with Crippen LogP contribution in [0.3, 0.4) is 0 Å². The Morgan fingerprint density at radius 1 is 0.864 bits per heavy atom. The largest absolute Gasteiger partial charge is 0.494 e. The first-order chi connectivity index (χ1) is 10.7. The average Bonchev–Trinajstić information content (AvgIpc) is 2.59. The minimum atomic E-state index is -1.24. The molecule has 0 aliphatic carbocycles. The number of rotatable bonds is 8. The molecule has 0 saturated heterocycles. The fourth-order valence-electron chi connectivity index (χ4n) is 2.19. The lowest BCUT2D eigenvalue weighted by molar-refractivity contribution is -0.379. The number of methoxy groups -OCH3 is 2. The van der Waals surface area contributed by atoms with Gasteiger partial charge in [0.25, 0.3) is 0 Å². The van der Waals surface area contributed by atoms with Crippen LogP contribution in [-0.4, -0.2) is 20.8 Å². The summed E-state index contributed by atoms with van der Waals surface area (Å²) in [6.07, 6.45) is 0. The molecular weight excluding hydrogens is 280 g/mol. The quantitative estimate of drug-likeness (QED) is 0.697. The summed E-state index contributed by atoms with van der Waals surface area (Å²) < 4.78 is 22.4. The van der Waals surface area contributed by atoms with Crippen LogP contribution in [0.25, 0.3) is 0 Å². The van der Waals surface area contributed by atoms with Crippen LogP contribution in [0, 0.1) is 0 Å².